The fraction of sp³-hybridized carbons (Fsp3) is 1.00. The molecule has 1 rings (SSSR count). The van der Waals surface area contributed by atoms with Crippen LogP contribution in [0.4, 0.5) is 13.2 Å². The highest BCUT2D eigenvalue weighted by Crippen LogP contribution is 2.28. The van der Waals surface area contributed by atoms with Gasteiger partial charge in [0, 0.05) is 6.04 Å². The molecule has 0 radical (unpaired) electrons. The summed E-state index contributed by atoms with van der Waals surface area (Å²) in [5.41, 5.74) is -5.33. The van der Waals surface area contributed by atoms with Crippen LogP contribution in [0.3, 0.4) is 0 Å². The molecule has 0 atom stereocenters. The maximum absolute atomic E-state index is 12.2. The lowest BCUT2D eigenvalue weighted by Gasteiger charge is -2.33. The minimum Gasteiger partial charge on any atom is -0.306 e. The van der Waals surface area contributed by atoms with Crippen molar-refractivity contribution in [3.05, 3.63) is 0 Å². The topological polar surface area (TPSA) is 66.6 Å². The van der Waals surface area contributed by atoms with Crippen LogP contribution in [0.15, 0.2) is 0 Å². The zero-order chi connectivity index (χ0) is 12.6. The first-order chi connectivity index (χ1) is 7.16. The Morgan fingerprint density at radius 3 is 2.12 bits per heavy atom. The second-order valence-corrected chi connectivity index (χ2v) is 5.65. The van der Waals surface area contributed by atoms with E-state index in [4.69, 9.17) is 5.84 Å². The number of sulfonamides is 1. The normalized spacial score (nSPS) is 21.6. The molecule has 0 aromatic rings. The van der Waals surface area contributed by atoms with E-state index in [1.54, 1.807) is 0 Å². The number of likely N-dealkylation sites (tertiary alicyclic amines) is 1. The highest BCUT2D eigenvalue weighted by Gasteiger charge is 2.51. The first-order valence-corrected chi connectivity index (χ1v) is 6.14. The molecule has 96 valence electrons. The Bertz CT molecular complexity index is 335. The predicted octanol–water partition coefficient (Wildman–Crippen LogP) is 0.106. The quantitative estimate of drug-likeness (QED) is 0.566. The van der Waals surface area contributed by atoms with Crippen molar-refractivity contribution in [2.75, 3.05) is 20.1 Å². The van der Waals surface area contributed by atoms with Crippen molar-refractivity contribution in [1.82, 2.24) is 9.31 Å². The summed E-state index contributed by atoms with van der Waals surface area (Å²) >= 11 is 0. The van der Waals surface area contributed by atoms with Gasteiger partial charge in [0.25, 0.3) is 0 Å². The summed E-state index contributed by atoms with van der Waals surface area (Å²) in [5, 5.41) is 0. The van der Waals surface area contributed by atoms with Gasteiger partial charge in [-0.05, 0) is 33.0 Å². The molecule has 0 amide bonds. The van der Waals surface area contributed by atoms with E-state index in [1.807, 2.05) is 11.9 Å². The van der Waals surface area contributed by atoms with E-state index in [0.717, 1.165) is 0 Å². The number of alkyl halides is 3. The molecule has 1 aliphatic rings. The lowest BCUT2D eigenvalue weighted by atomic mass is 10.1. The monoisotopic (exact) mass is 261 g/mol. The van der Waals surface area contributed by atoms with Crippen molar-refractivity contribution >= 4 is 10.0 Å². The molecule has 1 heterocycles. The van der Waals surface area contributed by atoms with Gasteiger partial charge in [0.05, 0.1) is 0 Å². The van der Waals surface area contributed by atoms with Gasteiger partial charge in [0.2, 0.25) is 0 Å². The molecule has 5 nitrogen and oxygen atoms in total. The zero-order valence-corrected chi connectivity index (χ0v) is 9.55. The first-order valence-electron chi connectivity index (χ1n) is 4.70. The third-order valence-electron chi connectivity index (χ3n) is 2.62. The summed E-state index contributed by atoms with van der Waals surface area (Å²) in [6.45, 7) is 1.07. The Labute approximate surface area is 92.0 Å². The van der Waals surface area contributed by atoms with Crippen molar-refractivity contribution in [3.63, 3.8) is 0 Å². The Morgan fingerprint density at radius 2 is 1.75 bits per heavy atom. The number of hydrazine groups is 1. The molecule has 9 heteroatoms. The van der Waals surface area contributed by atoms with E-state index in [9.17, 15) is 21.6 Å². The molecule has 0 aromatic heterocycles. The van der Waals surface area contributed by atoms with Gasteiger partial charge in [-0.15, -0.1) is 4.41 Å². The molecule has 0 aromatic carbocycles. The van der Waals surface area contributed by atoms with Crippen molar-refractivity contribution in [2.24, 2.45) is 5.84 Å². The van der Waals surface area contributed by atoms with E-state index in [0.29, 0.717) is 25.9 Å². The average molecular weight is 261 g/mol. The molecular formula is C7H14F3N3O2S. The third-order valence-corrected chi connectivity index (χ3v) is 4.06. The molecule has 0 spiro atoms. The smallest absolute Gasteiger partial charge is 0.306 e. The molecule has 16 heavy (non-hydrogen) atoms. The predicted molar refractivity (Wildman–Crippen MR) is 51.5 cm³/mol. The fourth-order valence-corrected chi connectivity index (χ4v) is 2.41. The first kappa shape index (κ1) is 13.7. The molecule has 0 saturated carbocycles. The third kappa shape index (κ3) is 2.65. The van der Waals surface area contributed by atoms with Crippen molar-refractivity contribution in [2.45, 2.75) is 24.4 Å². The van der Waals surface area contributed by atoms with E-state index < -0.39 is 21.6 Å². The van der Waals surface area contributed by atoms with Crippen LogP contribution in [0.25, 0.3) is 0 Å². The summed E-state index contributed by atoms with van der Waals surface area (Å²) in [5.74, 6) is 5.06. The molecule has 1 fully saturated rings. The Kier molecular flexibility index (Phi) is 3.83. The van der Waals surface area contributed by atoms with E-state index in [2.05, 4.69) is 0 Å². The van der Waals surface area contributed by atoms with Gasteiger partial charge in [-0.1, -0.05) is 0 Å². The van der Waals surface area contributed by atoms with Crippen LogP contribution in [0.5, 0.6) is 0 Å². The molecule has 0 bridgehead atoms. The number of hydrogen-bond acceptors (Lipinski definition) is 4. The summed E-state index contributed by atoms with van der Waals surface area (Å²) in [6, 6.07) is -0.775. The molecular weight excluding hydrogens is 247 g/mol. The number of hydrogen-bond donors (Lipinski definition) is 1. The van der Waals surface area contributed by atoms with E-state index >= 15 is 0 Å². The zero-order valence-electron chi connectivity index (χ0n) is 8.74. The summed E-state index contributed by atoms with van der Waals surface area (Å²) in [7, 11) is -3.59. The van der Waals surface area contributed by atoms with Gasteiger partial charge >= 0.3 is 15.5 Å². The van der Waals surface area contributed by atoms with Gasteiger partial charge < -0.3 is 4.90 Å². The van der Waals surface area contributed by atoms with Gasteiger partial charge in [0.1, 0.15) is 0 Å². The lowest BCUT2D eigenvalue weighted by molar-refractivity contribution is -0.0508. The number of nitrogens with zero attached hydrogens (tertiary/aromatic N) is 2. The van der Waals surface area contributed by atoms with Crippen molar-refractivity contribution in [1.29, 1.82) is 0 Å². The highest BCUT2D eigenvalue weighted by atomic mass is 32.2. The SMILES string of the molecule is CN1CCC(N(N)S(=O)(=O)C(F)(F)F)CC1. The fourth-order valence-electron chi connectivity index (χ4n) is 1.57. The highest BCUT2D eigenvalue weighted by molar-refractivity contribution is 7.89. The van der Waals surface area contributed by atoms with Crippen LogP contribution < -0.4 is 5.84 Å². The lowest BCUT2D eigenvalue weighted by Crippen LogP contribution is -2.53. The minimum atomic E-state index is -5.40. The molecule has 2 N–H and O–H groups in total. The Hall–Kier alpha value is -0.380. The molecule has 0 aliphatic carbocycles. The Balaban J connectivity index is 2.75. The summed E-state index contributed by atoms with van der Waals surface area (Å²) in [6.07, 6.45) is 0.616. The summed E-state index contributed by atoms with van der Waals surface area (Å²) < 4.78 is 58.5. The second kappa shape index (κ2) is 4.47. The van der Waals surface area contributed by atoms with E-state index in [1.165, 1.54) is 0 Å². The number of piperidine rings is 1. The van der Waals surface area contributed by atoms with Gasteiger partial charge in [-0.2, -0.15) is 13.2 Å². The van der Waals surface area contributed by atoms with E-state index in [-0.39, 0.29) is 4.41 Å². The summed E-state index contributed by atoms with van der Waals surface area (Å²) in [4.78, 5) is 1.91. The molecule has 1 aliphatic heterocycles. The van der Waals surface area contributed by atoms with Crippen LogP contribution >= 0.6 is 0 Å². The second-order valence-electron chi connectivity index (χ2n) is 3.82. The minimum absolute atomic E-state index is 0.0417. The van der Waals surface area contributed by atoms with Crippen LogP contribution in [0.2, 0.25) is 0 Å². The van der Waals surface area contributed by atoms with Crippen LogP contribution in [0, 0.1) is 0 Å². The Morgan fingerprint density at radius 1 is 1.31 bits per heavy atom. The van der Waals surface area contributed by atoms with Gasteiger partial charge in [-0.3, -0.25) is 5.84 Å². The van der Waals surface area contributed by atoms with Crippen LogP contribution in [-0.2, 0) is 10.0 Å². The maximum atomic E-state index is 12.2. The van der Waals surface area contributed by atoms with Crippen molar-refractivity contribution in [3.8, 4) is 0 Å². The molecule has 1 saturated heterocycles. The number of rotatable bonds is 2. The average Bonchev–Trinajstić information content (AvgIpc) is 2.16. The molecule has 0 unspecified atom stereocenters. The van der Waals surface area contributed by atoms with Gasteiger partial charge in [-0.25, -0.2) is 8.42 Å². The maximum Gasteiger partial charge on any atom is 0.512 e. The number of nitrogens with two attached hydrogens (primary N) is 1. The largest absolute Gasteiger partial charge is 0.512 e. The van der Waals surface area contributed by atoms with Crippen LogP contribution in [0.1, 0.15) is 12.8 Å². The van der Waals surface area contributed by atoms with Crippen LogP contribution in [-0.4, -0.2) is 49.4 Å². The van der Waals surface area contributed by atoms with Gasteiger partial charge in [0.15, 0.2) is 0 Å². The number of halogens is 3. The standard InChI is InChI=1S/C7H14F3N3O2S/c1-12-4-2-6(3-5-12)13(11)16(14,15)7(8,9)10/h6H,2-5,11H2,1H3. The van der Waals surface area contributed by atoms with Crippen molar-refractivity contribution < 1.29 is 21.6 Å².